The van der Waals surface area contributed by atoms with Crippen LogP contribution in [0.3, 0.4) is 0 Å². The van der Waals surface area contributed by atoms with E-state index in [0.717, 1.165) is 39.6 Å². The molecule has 2 aromatic carbocycles. The van der Waals surface area contributed by atoms with Crippen LogP contribution >= 0.6 is 11.9 Å². The standard InChI is InChI=1S/C24H21F2N3O2S/c1-14-11-19(18-9-10-27-24(18)29(14)30-2)20-13-16(28-32-17-5-6-17)4-8-22(20)31-23-7-3-15(25)12-21(23)26/h3-4,7-13,17,28H,5-6H2,1-2H3/p+1. The number of benzene rings is 2. The summed E-state index contributed by atoms with van der Waals surface area (Å²) in [6.07, 6.45) is 4.28. The number of aromatic amines is 1. The zero-order chi connectivity index (χ0) is 22.2. The fraction of sp³-hybridized carbons (Fsp3) is 0.208. The van der Waals surface area contributed by atoms with Gasteiger partial charge in [0.05, 0.1) is 11.6 Å². The summed E-state index contributed by atoms with van der Waals surface area (Å²) in [5, 5.41) is 1.56. The Kier molecular flexibility index (Phi) is 5.38. The zero-order valence-electron chi connectivity index (χ0n) is 17.6. The molecule has 2 N–H and O–H groups in total. The van der Waals surface area contributed by atoms with Crippen molar-refractivity contribution in [1.82, 2.24) is 4.98 Å². The Morgan fingerprint density at radius 2 is 1.84 bits per heavy atom. The summed E-state index contributed by atoms with van der Waals surface area (Å²) in [7, 11) is 1.61. The third-order valence-electron chi connectivity index (χ3n) is 5.33. The molecular formula is C24H22F2N3O2S+. The molecule has 0 amide bonds. The third kappa shape index (κ3) is 3.98. The maximum absolute atomic E-state index is 14.3. The molecule has 2 heterocycles. The van der Waals surface area contributed by atoms with Gasteiger partial charge in [0.25, 0.3) is 0 Å². The van der Waals surface area contributed by atoms with Gasteiger partial charge in [-0.15, -0.1) is 0 Å². The van der Waals surface area contributed by atoms with Gasteiger partial charge in [0, 0.05) is 35.1 Å². The Labute approximate surface area is 188 Å². The van der Waals surface area contributed by atoms with Crippen LogP contribution in [0.5, 0.6) is 11.5 Å². The van der Waals surface area contributed by atoms with E-state index in [2.05, 4.69) is 9.71 Å². The fourth-order valence-electron chi connectivity index (χ4n) is 3.63. The molecule has 1 aliphatic rings. The van der Waals surface area contributed by atoms with E-state index < -0.39 is 11.6 Å². The highest BCUT2D eigenvalue weighted by atomic mass is 32.2. The summed E-state index contributed by atoms with van der Waals surface area (Å²) in [6.45, 7) is 1.94. The van der Waals surface area contributed by atoms with Gasteiger partial charge < -0.3 is 14.3 Å². The van der Waals surface area contributed by atoms with Gasteiger partial charge >= 0.3 is 5.65 Å². The molecular weight excluding hydrogens is 432 g/mol. The van der Waals surface area contributed by atoms with E-state index in [0.29, 0.717) is 11.0 Å². The number of nitrogens with one attached hydrogen (secondary N) is 2. The molecule has 0 bridgehead atoms. The monoisotopic (exact) mass is 454 g/mol. The van der Waals surface area contributed by atoms with Crippen molar-refractivity contribution in [3.05, 3.63) is 72.1 Å². The van der Waals surface area contributed by atoms with E-state index in [1.807, 2.05) is 37.4 Å². The first-order chi connectivity index (χ1) is 15.5. The van der Waals surface area contributed by atoms with Crippen molar-refractivity contribution in [2.45, 2.75) is 25.0 Å². The smallest absolute Gasteiger partial charge is 0.326 e. The molecule has 4 aromatic rings. The Bertz CT molecular complexity index is 1300. The highest BCUT2D eigenvalue weighted by Crippen LogP contribution is 2.41. The molecule has 0 unspecified atom stereocenters. The van der Waals surface area contributed by atoms with Crippen LogP contribution in [0.4, 0.5) is 14.5 Å². The quantitative estimate of drug-likeness (QED) is 0.274. The van der Waals surface area contributed by atoms with E-state index in [9.17, 15) is 8.78 Å². The molecule has 0 atom stereocenters. The Morgan fingerprint density at radius 3 is 2.59 bits per heavy atom. The zero-order valence-corrected chi connectivity index (χ0v) is 18.4. The summed E-state index contributed by atoms with van der Waals surface area (Å²) in [5.74, 6) is -0.973. The van der Waals surface area contributed by atoms with Crippen molar-refractivity contribution in [3.63, 3.8) is 0 Å². The van der Waals surface area contributed by atoms with Gasteiger partial charge in [-0.1, -0.05) is 0 Å². The number of aryl methyl sites for hydroxylation is 1. The molecule has 1 saturated carbocycles. The van der Waals surface area contributed by atoms with Crippen molar-refractivity contribution < 1.29 is 23.1 Å². The molecule has 0 aliphatic heterocycles. The molecule has 32 heavy (non-hydrogen) atoms. The van der Waals surface area contributed by atoms with Gasteiger partial charge in [-0.3, -0.25) is 0 Å². The molecule has 1 aliphatic carbocycles. The molecule has 0 spiro atoms. The molecule has 5 nitrogen and oxygen atoms in total. The predicted molar refractivity (Wildman–Crippen MR) is 122 cm³/mol. The molecule has 0 saturated heterocycles. The summed E-state index contributed by atoms with van der Waals surface area (Å²) < 4.78 is 38.8. The number of hydrogen-bond acceptors (Lipinski definition) is 4. The lowest BCUT2D eigenvalue weighted by Crippen LogP contribution is -2.44. The minimum Gasteiger partial charge on any atom is -0.454 e. The van der Waals surface area contributed by atoms with Gasteiger partial charge in [-0.2, -0.15) is 0 Å². The summed E-state index contributed by atoms with van der Waals surface area (Å²) in [6, 6.07) is 12.9. The number of rotatable bonds is 7. The van der Waals surface area contributed by atoms with Gasteiger partial charge in [0.2, 0.25) is 0 Å². The number of anilines is 1. The predicted octanol–water partition coefficient (Wildman–Crippen LogP) is 5.78. The van der Waals surface area contributed by atoms with Crippen LogP contribution < -0.4 is 19.0 Å². The average Bonchev–Trinajstić information content (AvgIpc) is 3.49. The first-order valence-electron chi connectivity index (χ1n) is 10.3. The Morgan fingerprint density at radius 1 is 1.03 bits per heavy atom. The first-order valence-corrected chi connectivity index (χ1v) is 11.2. The van der Waals surface area contributed by atoms with Crippen molar-refractivity contribution in [2.24, 2.45) is 0 Å². The lowest BCUT2D eigenvalue weighted by Gasteiger charge is -2.15. The van der Waals surface area contributed by atoms with Crippen LogP contribution in [-0.4, -0.2) is 17.3 Å². The number of ether oxygens (including phenoxy) is 1. The van der Waals surface area contributed by atoms with Crippen LogP contribution in [0.2, 0.25) is 0 Å². The summed E-state index contributed by atoms with van der Waals surface area (Å²) in [5.41, 5.74) is 4.29. The van der Waals surface area contributed by atoms with E-state index in [1.165, 1.54) is 25.0 Å². The van der Waals surface area contributed by atoms with E-state index in [1.54, 1.807) is 29.9 Å². The SMILES string of the molecule is CO[n+]1c(C)cc(-c2cc(NSC3CC3)ccc2Oc2ccc(F)cc2F)c2cc[nH]c21. The number of aromatic nitrogens is 2. The van der Waals surface area contributed by atoms with Gasteiger partial charge in [-0.05, 0) is 72.0 Å². The number of H-pyrrole nitrogens is 1. The minimum atomic E-state index is -0.754. The lowest BCUT2D eigenvalue weighted by molar-refractivity contribution is -0.870. The molecule has 164 valence electrons. The maximum atomic E-state index is 14.3. The maximum Gasteiger partial charge on any atom is 0.326 e. The van der Waals surface area contributed by atoms with E-state index in [4.69, 9.17) is 9.57 Å². The minimum absolute atomic E-state index is 0.0364. The van der Waals surface area contributed by atoms with Crippen LogP contribution in [0.25, 0.3) is 22.2 Å². The number of fused-ring (bicyclic) bond motifs is 1. The lowest BCUT2D eigenvalue weighted by atomic mass is 10.0. The summed E-state index contributed by atoms with van der Waals surface area (Å²) in [4.78, 5) is 8.72. The topological polar surface area (TPSA) is 50.2 Å². The Balaban J connectivity index is 1.63. The van der Waals surface area contributed by atoms with Crippen LogP contribution in [0, 0.1) is 18.6 Å². The fourth-order valence-corrected chi connectivity index (χ4v) is 4.43. The second-order valence-electron chi connectivity index (χ2n) is 7.72. The van der Waals surface area contributed by atoms with E-state index >= 15 is 0 Å². The number of nitrogens with zero attached hydrogens (tertiary/aromatic N) is 1. The van der Waals surface area contributed by atoms with Crippen molar-refractivity contribution in [2.75, 3.05) is 11.8 Å². The Hall–Kier alpha value is -3.26. The second kappa shape index (κ2) is 8.35. The molecule has 1 fully saturated rings. The number of hydrogen-bond donors (Lipinski definition) is 2. The number of pyridine rings is 1. The molecule has 8 heteroatoms. The van der Waals surface area contributed by atoms with Crippen LogP contribution in [0.15, 0.2) is 54.7 Å². The summed E-state index contributed by atoms with van der Waals surface area (Å²) >= 11 is 1.70. The van der Waals surface area contributed by atoms with Crippen molar-refractivity contribution in [3.8, 4) is 22.6 Å². The van der Waals surface area contributed by atoms with Gasteiger partial charge in [0.1, 0.15) is 24.4 Å². The second-order valence-corrected chi connectivity index (χ2v) is 8.83. The highest BCUT2D eigenvalue weighted by molar-refractivity contribution is 8.01. The van der Waals surface area contributed by atoms with E-state index in [-0.39, 0.29) is 5.75 Å². The first kappa shape index (κ1) is 20.6. The van der Waals surface area contributed by atoms with Crippen LogP contribution in [0.1, 0.15) is 18.5 Å². The third-order valence-corrected chi connectivity index (χ3v) is 6.48. The van der Waals surface area contributed by atoms with Gasteiger partial charge in [-0.25, -0.2) is 13.8 Å². The largest absolute Gasteiger partial charge is 0.454 e. The average molecular weight is 455 g/mol. The molecule has 5 rings (SSSR count). The normalized spacial score (nSPS) is 13.4. The highest BCUT2D eigenvalue weighted by Gasteiger charge is 2.24. The van der Waals surface area contributed by atoms with Gasteiger partial charge in [0.15, 0.2) is 11.6 Å². The van der Waals surface area contributed by atoms with Crippen LogP contribution in [-0.2, 0) is 0 Å². The van der Waals surface area contributed by atoms with Crippen molar-refractivity contribution >= 4 is 28.7 Å². The molecule has 2 aromatic heterocycles. The van der Waals surface area contributed by atoms with Crippen molar-refractivity contribution in [1.29, 1.82) is 0 Å². The molecule has 0 radical (unpaired) electrons. The number of halogens is 2.